The van der Waals surface area contributed by atoms with Crippen LogP contribution < -0.4 is 5.32 Å². The zero-order valence-electron chi connectivity index (χ0n) is 13.1. The number of urea groups is 1. The smallest absolute Gasteiger partial charge is 0.317 e. The van der Waals surface area contributed by atoms with Crippen LogP contribution in [0.5, 0.6) is 0 Å². The molecule has 0 aromatic heterocycles. The summed E-state index contributed by atoms with van der Waals surface area (Å²) in [4.78, 5) is 27.3. The molecular formula is C15H27N3O3. The van der Waals surface area contributed by atoms with Crippen LogP contribution in [0.2, 0.25) is 0 Å². The van der Waals surface area contributed by atoms with Gasteiger partial charge in [0.15, 0.2) is 0 Å². The second-order valence-corrected chi connectivity index (χ2v) is 6.83. The molecule has 1 atom stereocenters. The van der Waals surface area contributed by atoms with E-state index in [-0.39, 0.29) is 23.9 Å². The van der Waals surface area contributed by atoms with Gasteiger partial charge in [-0.25, -0.2) is 4.79 Å². The SMILES string of the molecule is CN(C)CC1CCCN1C(=O)NCC1(CC(=O)O)CCC1. The van der Waals surface area contributed by atoms with Gasteiger partial charge >= 0.3 is 12.0 Å². The molecule has 2 aliphatic rings. The van der Waals surface area contributed by atoms with Gasteiger partial charge in [-0.3, -0.25) is 4.79 Å². The van der Waals surface area contributed by atoms with Crippen molar-refractivity contribution in [3.05, 3.63) is 0 Å². The van der Waals surface area contributed by atoms with E-state index in [2.05, 4.69) is 10.2 Å². The molecule has 0 bridgehead atoms. The summed E-state index contributed by atoms with van der Waals surface area (Å²) in [6.07, 6.45) is 5.13. The molecule has 1 heterocycles. The molecule has 1 aliphatic heterocycles. The summed E-state index contributed by atoms with van der Waals surface area (Å²) in [6.45, 7) is 2.17. The van der Waals surface area contributed by atoms with Gasteiger partial charge in [-0.15, -0.1) is 0 Å². The highest BCUT2D eigenvalue weighted by Crippen LogP contribution is 2.43. The minimum atomic E-state index is -0.768. The Balaban J connectivity index is 1.84. The highest BCUT2D eigenvalue weighted by molar-refractivity contribution is 5.75. The topological polar surface area (TPSA) is 72.9 Å². The Morgan fingerprint density at radius 3 is 2.57 bits per heavy atom. The Morgan fingerprint density at radius 2 is 2.05 bits per heavy atom. The van der Waals surface area contributed by atoms with Crippen molar-refractivity contribution in [1.29, 1.82) is 0 Å². The molecule has 0 spiro atoms. The van der Waals surface area contributed by atoms with Crippen LogP contribution in [0.1, 0.15) is 38.5 Å². The lowest BCUT2D eigenvalue weighted by Gasteiger charge is -2.41. The zero-order valence-corrected chi connectivity index (χ0v) is 13.1. The summed E-state index contributed by atoms with van der Waals surface area (Å²) in [5.41, 5.74) is -0.210. The summed E-state index contributed by atoms with van der Waals surface area (Å²) in [5, 5.41) is 12.0. The van der Waals surface area contributed by atoms with Gasteiger partial charge in [0.1, 0.15) is 0 Å². The van der Waals surface area contributed by atoms with Crippen LogP contribution >= 0.6 is 0 Å². The van der Waals surface area contributed by atoms with E-state index < -0.39 is 5.97 Å². The lowest BCUT2D eigenvalue weighted by molar-refractivity contribution is -0.141. The third-order valence-corrected chi connectivity index (χ3v) is 4.77. The van der Waals surface area contributed by atoms with Crippen molar-refractivity contribution in [2.24, 2.45) is 5.41 Å². The minimum absolute atomic E-state index is 0.0315. The molecule has 0 aromatic carbocycles. The van der Waals surface area contributed by atoms with Crippen LogP contribution in [0.3, 0.4) is 0 Å². The van der Waals surface area contributed by atoms with E-state index in [0.29, 0.717) is 6.54 Å². The largest absolute Gasteiger partial charge is 0.481 e. The van der Waals surface area contributed by atoms with E-state index >= 15 is 0 Å². The number of carbonyl (C=O) groups is 2. The number of rotatable bonds is 6. The van der Waals surface area contributed by atoms with Gasteiger partial charge in [-0.05, 0) is 45.2 Å². The molecule has 1 unspecified atom stereocenters. The van der Waals surface area contributed by atoms with E-state index in [4.69, 9.17) is 5.11 Å². The predicted octanol–water partition coefficient (Wildman–Crippen LogP) is 1.37. The van der Waals surface area contributed by atoms with E-state index in [1.165, 1.54) is 0 Å². The maximum atomic E-state index is 12.4. The number of likely N-dealkylation sites (N-methyl/N-ethyl adjacent to an activating group) is 1. The fourth-order valence-electron chi connectivity index (χ4n) is 3.49. The first kappa shape index (κ1) is 16.1. The second kappa shape index (κ2) is 6.64. The number of carbonyl (C=O) groups excluding carboxylic acids is 1. The van der Waals surface area contributed by atoms with Gasteiger partial charge in [0.2, 0.25) is 0 Å². The lowest BCUT2D eigenvalue weighted by atomic mass is 9.66. The van der Waals surface area contributed by atoms with Crippen molar-refractivity contribution in [3.63, 3.8) is 0 Å². The van der Waals surface area contributed by atoms with Crippen LogP contribution in [0.4, 0.5) is 4.79 Å². The van der Waals surface area contributed by atoms with Gasteiger partial charge in [-0.2, -0.15) is 0 Å². The Bertz CT molecular complexity index is 394. The first-order valence-electron chi connectivity index (χ1n) is 7.83. The van der Waals surface area contributed by atoms with Crippen LogP contribution in [-0.2, 0) is 4.79 Å². The molecule has 0 radical (unpaired) electrons. The molecule has 0 aromatic rings. The maximum Gasteiger partial charge on any atom is 0.317 e. The molecular weight excluding hydrogens is 270 g/mol. The van der Waals surface area contributed by atoms with Crippen LogP contribution in [-0.4, -0.2) is 66.7 Å². The van der Waals surface area contributed by atoms with Crippen molar-refractivity contribution in [3.8, 4) is 0 Å². The summed E-state index contributed by atoms with van der Waals surface area (Å²) >= 11 is 0. The molecule has 1 aliphatic carbocycles. The van der Waals surface area contributed by atoms with Gasteiger partial charge in [-0.1, -0.05) is 6.42 Å². The van der Waals surface area contributed by atoms with Crippen molar-refractivity contribution in [2.75, 3.05) is 33.7 Å². The maximum absolute atomic E-state index is 12.4. The van der Waals surface area contributed by atoms with Crippen LogP contribution in [0, 0.1) is 5.41 Å². The van der Waals surface area contributed by atoms with Crippen LogP contribution in [0.15, 0.2) is 0 Å². The molecule has 21 heavy (non-hydrogen) atoms. The number of nitrogens with zero attached hydrogens (tertiary/aromatic N) is 2. The van der Waals surface area contributed by atoms with Gasteiger partial charge in [0.25, 0.3) is 0 Å². The number of carboxylic acid groups (broad SMARTS) is 1. The fourth-order valence-corrected chi connectivity index (χ4v) is 3.49. The number of hydrogen-bond donors (Lipinski definition) is 2. The normalized spacial score (nSPS) is 24.0. The van der Waals surface area contributed by atoms with E-state index in [0.717, 1.165) is 45.2 Å². The van der Waals surface area contributed by atoms with Gasteiger partial charge in [0.05, 0.1) is 6.42 Å². The van der Waals surface area contributed by atoms with Gasteiger partial charge < -0.3 is 20.2 Å². The first-order valence-corrected chi connectivity index (χ1v) is 7.83. The quantitative estimate of drug-likeness (QED) is 0.776. The van der Waals surface area contributed by atoms with E-state index in [9.17, 15) is 9.59 Å². The summed E-state index contributed by atoms with van der Waals surface area (Å²) in [6, 6.07) is 0.243. The molecule has 1 saturated carbocycles. The number of amides is 2. The highest BCUT2D eigenvalue weighted by Gasteiger charge is 2.40. The number of nitrogens with one attached hydrogen (secondary N) is 1. The number of likely N-dealkylation sites (tertiary alicyclic amines) is 1. The monoisotopic (exact) mass is 297 g/mol. The molecule has 6 nitrogen and oxygen atoms in total. The predicted molar refractivity (Wildman–Crippen MR) is 80.2 cm³/mol. The van der Waals surface area contributed by atoms with Crippen molar-refractivity contribution >= 4 is 12.0 Å². The molecule has 2 fully saturated rings. The molecule has 2 amide bonds. The Morgan fingerprint density at radius 1 is 1.33 bits per heavy atom. The fraction of sp³-hybridized carbons (Fsp3) is 0.867. The van der Waals surface area contributed by atoms with Crippen LogP contribution in [0.25, 0.3) is 0 Å². The summed E-state index contributed by atoms with van der Waals surface area (Å²) in [5.74, 6) is -0.768. The number of aliphatic carboxylic acids is 1. The number of carboxylic acids is 1. The molecule has 2 rings (SSSR count). The third-order valence-electron chi connectivity index (χ3n) is 4.77. The van der Waals surface area contributed by atoms with Crippen molar-refractivity contribution in [2.45, 2.75) is 44.6 Å². The average Bonchev–Trinajstić information content (AvgIpc) is 2.78. The van der Waals surface area contributed by atoms with Crippen molar-refractivity contribution in [1.82, 2.24) is 15.1 Å². The Kier molecular flexibility index (Phi) is 5.08. The standard InChI is InChI=1S/C15H27N3O3/c1-17(2)10-12-5-3-8-18(12)14(21)16-11-15(6-4-7-15)9-13(19)20/h12H,3-11H2,1-2H3,(H,16,21)(H,19,20). The van der Waals surface area contributed by atoms with Gasteiger partial charge in [0, 0.05) is 25.7 Å². The zero-order chi connectivity index (χ0) is 15.5. The molecule has 2 N–H and O–H groups in total. The van der Waals surface area contributed by atoms with Crippen molar-refractivity contribution < 1.29 is 14.7 Å². The second-order valence-electron chi connectivity index (χ2n) is 6.83. The number of hydrogen-bond acceptors (Lipinski definition) is 3. The Labute approximate surface area is 126 Å². The first-order chi connectivity index (χ1) is 9.92. The summed E-state index contributed by atoms with van der Waals surface area (Å²) in [7, 11) is 4.04. The van der Waals surface area contributed by atoms with E-state index in [1.807, 2.05) is 19.0 Å². The average molecular weight is 297 g/mol. The third kappa shape index (κ3) is 4.09. The molecule has 6 heteroatoms. The Hall–Kier alpha value is -1.30. The van der Waals surface area contributed by atoms with E-state index in [1.54, 1.807) is 0 Å². The summed E-state index contributed by atoms with van der Waals surface area (Å²) < 4.78 is 0. The lowest BCUT2D eigenvalue weighted by Crippen LogP contribution is -2.50. The minimum Gasteiger partial charge on any atom is -0.481 e. The molecule has 120 valence electrons. The molecule has 1 saturated heterocycles. The highest BCUT2D eigenvalue weighted by atomic mass is 16.4.